The van der Waals surface area contributed by atoms with E-state index in [1.165, 1.54) is 6.07 Å². The third-order valence-electron chi connectivity index (χ3n) is 2.86. The van der Waals surface area contributed by atoms with Crippen LogP contribution in [0, 0.1) is 17.0 Å². The average molecular weight is 337 g/mol. The molecule has 0 spiro atoms. The van der Waals surface area contributed by atoms with Gasteiger partial charge in [0.15, 0.2) is 0 Å². The lowest BCUT2D eigenvalue weighted by atomic mass is 10.1. The quantitative estimate of drug-likeness (QED) is 0.681. The molecule has 0 aliphatic heterocycles. The van der Waals surface area contributed by atoms with Crippen molar-refractivity contribution in [2.75, 3.05) is 5.32 Å². The number of halogens is 1. The number of rotatable bonds is 4. The highest BCUT2D eigenvalue weighted by Gasteiger charge is 2.18. The summed E-state index contributed by atoms with van der Waals surface area (Å²) in [6.07, 6.45) is 3.23. The zero-order chi connectivity index (χ0) is 14.7. The van der Waals surface area contributed by atoms with Crippen LogP contribution in [0.1, 0.15) is 24.4 Å². The monoisotopic (exact) mass is 336 g/mol. The van der Waals surface area contributed by atoms with E-state index in [0.29, 0.717) is 10.2 Å². The fourth-order valence-corrected chi connectivity index (χ4v) is 2.27. The van der Waals surface area contributed by atoms with Crippen molar-refractivity contribution >= 4 is 27.3 Å². The van der Waals surface area contributed by atoms with E-state index in [9.17, 15) is 10.1 Å². The molecule has 1 heterocycles. The molecule has 0 saturated heterocycles. The SMILES string of the molecule is Cc1nccnc1C(C)Nc1ccc(Br)cc1[N+](=O)[O-]. The van der Waals surface area contributed by atoms with Crippen LogP contribution in [0.4, 0.5) is 11.4 Å². The first-order chi connectivity index (χ1) is 9.49. The summed E-state index contributed by atoms with van der Waals surface area (Å²) in [5, 5.41) is 14.2. The topological polar surface area (TPSA) is 81.0 Å². The van der Waals surface area contributed by atoms with Crippen LogP contribution in [-0.2, 0) is 0 Å². The van der Waals surface area contributed by atoms with Gasteiger partial charge in [-0.2, -0.15) is 0 Å². The van der Waals surface area contributed by atoms with E-state index in [0.717, 1.165) is 11.4 Å². The van der Waals surface area contributed by atoms with Gasteiger partial charge in [-0.1, -0.05) is 15.9 Å². The Balaban J connectivity index is 2.31. The fourth-order valence-electron chi connectivity index (χ4n) is 1.92. The Labute approximate surface area is 124 Å². The predicted octanol–water partition coefficient (Wildman–Crippen LogP) is 3.63. The maximum absolute atomic E-state index is 11.1. The summed E-state index contributed by atoms with van der Waals surface area (Å²) in [6, 6.07) is 4.72. The molecule has 2 aromatic rings. The number of hydrogen-bond donors (Lipinski definition) is 1. The molecule has 0 amide bonds. The summed E-state index contributed by atoms with van der Waals surface area (Å²) < 4.78 is 0.665. The molecule has 7 heteroatoms. The van der Waals surface area contributed by atoms with Gasteiger partial charge in [-0.25, -0.2) is 0 Å². The first-order valence-corrected chi connectivity index (χ1v) is 6.76. The van der Waals surface area contributed by atoms with Gasteiger partial charge in [-0.3, -0.25) is 20.1 Å². The van der Waals surface area contributed by atoms with Crippen LogP contribution in [0.2, 0.25) is 0 Å². The Morgan fingerprint density at radius 2 is 2.05 bits per heavy atom. The minimum Gasteiger partial charge on any atom is -0.371 e. The van der Waals surface area contributed by atoms with Crippen molar-refractivity contribution in [2.45, 2.75) is 19.9 Å². The van der Waals surface area contributed by atoms with E-state index in [4.69, 9.17) is 0 Å². The Morgan fingerprint density at radius 1 is 1.35 bits per heavy atom. The number of nitrogens with one attached hydrogen (secondary N) is 1. The van der Waals surface area contributed by atoms with Crippen molar-refractivity contribution < 1.29 is 4.92 Å². The third-order valence-corrected chi connectivity index (χ3v) is 3.35. The molecule has 20 heavy (non-hydrogen) atoms. The number of anilines is 1. The van der Waals surface area contributed by atoms with Gasteiger partial charge in [-0.15, -0.1) is 0 Å². The summed E-state index contributed by atoms with van der Waals surface area (Å²) in [5.74, 6) is 0. The van der Waals surface area contributed by atoms with E-state index >= 15 is 0 Å². The Morgan fingerprint density at radius 3 is 2.70 bits per heavy atom. The number of aryl methyl sites for hydroxylation is 1. The highest BCUT2D eigenvalue weighted by atomic mass is 79.9. The number of aromatic nitrogens is 2. The van der Waals surface area contributed by atoms with Crippen LogP contribution in [0.15, 0.2) is 35.1 Å². The van der Waals surface area contributed by atoms with Crippen molar-refractivity contribution in [1.82, 2.24) is 9.97 Å². The highest BCUT2D eigenvalue weighted by Crippen LogP contribution is 2.30. The molecule has 1 aromatic heterocycles. The first kappa shape index (κ1) is 14.4. The molecule has 0 bridgehead atoms. The Kier molecular flexibility index (Phi) is 4.29. The van der Waals surface area contributed by atoms with Crippen molar-refractivity contribution in [2.24, 2.45) is 0 Å². The second-order valence-electron chi connectivity index (χ2n) is 4.31. The summed E-state index contributed by atoms with van der Waals surface area (Å²) in [6.45, 7) is 3.75. The molecule has 1 atom stereocenters. The molecule has 104 valence electrons. The van der Waals surface area contributed by atoms with Gasteiger partial charge >= 0.3 is 0 Å². The summed E-state index contributed by atoms with van der Waals surface area (Å²) in [4.78, 5) is 19.1. The van der Waals surface area contributed by atoms with Crippen LogP contribution < -0.4 is 5.32 Å². The van der Waals surface area contributed by atoms with Gasteiger partial charge in [0.2, 0.25) is 0 Å². The maximum Gasteiger partial charge on any atom is 0.293 e. The number of nitro groups is 1. The molecule has 6 nitrogen and oxygen atoms in total. The first-order valence-electron chi connectivity index (χ1n) is 5.97. The lowest BCUT2D eigenvalue weighted by Crippen LogP contribution is -2.12. The Hall–Kier alpha value is -2.02. The molecule has 0 saturated carbocycles. The van der Waals surface area contributed by atoms with Gasteiger partial charge in [0.05, 0.1) is 22.4 Å². The standard InChI is InChI=1S/C13H13BrN4O2/c1-8-13(16-6-5-15-8)9(2)17-11-4-3-10(14)7-12(11)18(19)20/h3-7,9,17H,1-2H3. The number of hydrogen-bond acceptors (Lipinski definition) is 5. The molecule has 1 unspecified atom stereocenters. The van der Waals surface area contributed by atoms with Crippen molar-refractivity contribution in [1.29, 1.82) is 0 Å². The summed E-state index contributed by atoms with van der Waals surface area (Å²) in [5.41, 5.74) is 2.04. The van der Waals surface area contributed by atoms with Crippen LogP contribution >= 0.6 is 15.9 Å². The van der Waals surface area contributed by atoms with E-state index in [1.54, 1.807) is 24.5 Å². The van der Waals surface area contributed by atoms with Gasteiger partial charge in [0.1, 0.15) is 5.69 Å². The number of nitro benzene ring substituents is 1. The minimum absolute atomic E-state index is 0.0211. The van der Waals surface area contributed by atoms with E-state index in [-0.39, 0.29) is 11.7 Å². The second-order valence-corrected chi connectivity index (χ2v) is 5.23. The minimum atomic E-state index is -0.413. The molecule has 1 N–H and O–H groups in total. The van der Waals surface area contributed by atoms with E-state index < -0.39 is 4.92 Å². The normalized spacial score (nSPS) is 11.9. The van der Waals surface area contributed by atoms with Gasteiger partial charge in [0.25, 0.3) is 5.69 Å². The zero-order valence-corrected chi connectivity index (χ0v) is 12.6. The molecule has 0 fully saturated rings. The van der Waals surface area contributed by atoms with E-state index in [2.05, 4.69) is 31.2 Å². The summed E-state index contributed by atoms with van der Waals surface area (Å²) in [7, 11) is 0. The van der Waals surface area contributed by atoms with Gasteiger partial charge < -0.3 is 5.32 Å². The van der Waals surface area contributed by atoms with Crippen molar-refractivity contribution in [3.63, 3.8) is 0 Å². The Bertz CT molecular complexity index is 648. The smallest absolute Gasteiger partial charge is 0.293 e. The summed E-state index contributed by atoms with van der Waals surface area (Å²) >= 11 is 3.23. The lowest BCUT2D eigenvalue weighted by Gasteiger charge is -2.16. The number of nitrogens with zero attached hydrogens (tertiary/aromatic N) is 3. The molecule has 0 aliphatic rings. The van der Waals surface area contributed by atoms with Crippen LogP contribution in [0.5, 0.6) is 0 Å². The zero-order valence-electron chi connectivity index (χ0n) is 11.0. The molecular weight excluding hydrogens is 324 g/mol. The van der Waals surface area contributed by atoms with Crippen molar-refractivity contribution in [3.8, 4) is 0 Å². The molecule has 2 rings (SSSR count). The van der Waals surface area contributed by atoms with Gasteiger partial charge in [0, 0.05) is 22.9 Å². The lowest BCUT2D eigenvalue weighted by molar-refractivity contribution is -0.384. The highest BCUT2D eigenvalue weighted by molar-refractivity contribution is 9.10. The molecule has 0 radical (unpaired) electrons. The van der Waals surface area contributed by atoms with E-state index in [1.807, 2.05) is 13.8 Å². The predicted molar refractivity (Wildman–Crippen MR) is 79.6 cm³/mol. The number of benzene rings is 1. The largest absolute Gasteiger partial charge is 0.371 e. The maximum atomic E-state index is 11.1. The van der Waals surface area contributed by atoms with Gasteiger partial charge in [-0.05, 0) is 26.0 Å². The molecule has 0 aliphatic carbocycles. The average Bonchev–Trinajstić information content (AvgIpc) is 2.41. The molecular formula is C13H13BrN4O2. The van der Waals surface area contributed by atoms with Crippen LogP contribution in [0.3, 0.4) is 0 Å². The van der Waals surface area contributed by atoms with Crippen molar-refractivity contribution in [3.05, 3.63) is 56.6 Å². The second kappa shape index (κ2) is 5.96. The third kappa shape index (κ3) is 3.11. The van der Waals surface area contributed by atoms with Crippen LogP contribution in [-0.4, -0.2) is 14.9 Å². The molecule has 1 aromatic carbocycles. The fraction of sp³-hybridized carbons (Fsp3) is 0.231. The van der Waals surface area contributed by atoms with Crippen LogP contribution in [0.25, 0.3) is 0 Å².